The zero-order valence-corrected chi connectivity index (χ0v) is 15.9. The summed E-state index contributed by atoms with van der Waals surface area (Å²) in [4.78, 5) is 13.3. The number of aromatic nitrogens is 3. The Labute approximate surface area is 160 Å². The first-order valence-electron chi connectivity index (χ1n) is 9.19. The van der Waals surface area contributed by atoms with Crippen LogP contribution in [0, 0.1) is 6.92 Å². The van der Waals surface area contributed by atoms with E-state index in [0.717, 1.165) is 28.1 Å². The van der Waals surface area contributed by atoms with E-state index in [1.165, 1.54) is 11.1 Å². The Hall–Kier alpha value is -3.33. The predicted octanol–water partition coefficient (Wildman–Crippen LogP) is 6.21. The lowest BCUT2D eigenvalue weighted by Gasteiger charge is -2.10. The number of nitrogens with zero attached hydrogens (tertiary/aromatic N) is 3. The van der Waals surface area contributed by atoms with E-state index >= 15 is 0 Å². The average Bonchev–Trinajstić information content (AvgIpc) is 2.76. The van der Waals surface area contributed by atoms with Crippen LogP contribution in [-0.2, 0) is 0 Å². The third-order valence-corrected chi connectivity index (χ3v) is 4.09. The van der Waals surface area contributed by atoms with Crippen molar-refractivity contribution in [1.29, 1.82) is 0 Å². The summed E-state index contributed by atoms with van der Waals surface area (Å²) in [5, 5.41) is 0. The highest BCUT2D eigenvalue weighted by Gasteiger charge is 2.09. The number of pyridine rings is 3. The summed E-state index contributed by atoms with van der Waals surface area (Å²) in [6.07, 6.45) is 7.23. The van der Waals surface area contributed by atoms with E-state index in [0.29, 0.717) is 0 Å². The second kappa shape index (κ2) is 8.86. The van der Waals surface area contributed by atoms with Crippen LogP contribution >= 0.6 is 0 Å². The van der Waals surface area contributed by atoms with Crippen molar-refractivity contribution < 1.29 is 0 Å². The van der Waals surface area contributed by atoms with Gasteiger partial charge < -0.3 is 0 Å². The largest absolute Gasteiger partial charge is 0.264 e. The molecule has 0 aliphatic carbocycles. The van der Waals surface area contributed by atoms with E-state index < -0.39 is 0 Å². The molecule has 0 saturated heterocycles. The third-order valence-electron chi connectivity index (χ3n) is 4.09. The number of hydrogen-bond acceptors (Lipinski definition) is 3. The Balaban J connectivity index is 0.00000102. The van der Waals surface area contributed by atoms with E-state index in [2.05, 4.69) is 53.3 Å². The van der Waals surface area contributed by atoms with Gasteiger partial charge in [0.25, 0.3) is 0 Å². The summed E-state index contributed by atoms with van der Waals surface area (Å²) in [6, 6.07) is 20.7. The number of benzene rings is 1. The first-order chi connectivity index (χ1) is 13.3. The summed E-state index contributed by atoms with van der Waals surface area (Å²) >= 11 is 0. The van der Waals surface area contributed by atoms with E-state index in [4.69, 9.17) is 4.98 Å². The zero-order valence-electron chi connectivity index (χ0n) is 15.9. The third kappa shape index (κ3) is 4.45. The molecule has 0 bridgehead atoms. The summed E-state index contributed by atoms with van der Waals surface area (Å²) in [5.41, 5.74) is 7.37. The van der Waals surface area contributed by atoms with Gasteiger partial charge in [0.15, 0.2) is 0 Å². The van der Waals surface area contributed by atoms with Crippen LogP contribution in [0.3, 0.4) is 0 Å². The van der Waals surface area contributed by atoms with Crippen LogP contribution in [0.25, 0.3) is 33.6 Å². The fourth-order valence-electron chi connectivity index (χ4n) is 2.85. The van der Waals surface area contributed by atoms with E-state index in [-0.39, 0.29) is 0 Å². The Bertz CT molecular complexity index is 939. The number of hydrogen-bond donors (Lipinski definition) is 0. The Kier molecular flexibility index (Phi) is 6.06. The predicted molar refractivity (Wildman–Crippen MR) is 112 cm³/mol. The Morgan fingerprint density at radius 2 is 1.15 bits per heavy atom. The first kappa shape index (κ1) is 18.5. The quantitative estimate of drug-likeness (QED) is 0.440. The molecule has 4 rings (SSSR count). The van der Waals surface area contributed by atoms with E-state index in [1.54, 1.807) is 12.4 Å². The molecule has 1 aromatic carbocycles. The van der Waals surface area contributed by atoms with Crippen molar-refractivity contribution >= 4 is 0 Å². The SMILES string of the molecule is CC.Cc1cccc(-c2cc(-c3cccnc3)nc(-c3cccnc3)c2)c1. The maximum absolute atomic E-state index is 4.84. The molecule has 0 unspecified atom stereocenters. The molecule has 0 N–H and O–H groups in total. The molecule has 3 heteroatoms. The van der Waals surface area contributed by atoms with Crippen LogP contribution in [0.4, 0.5) is 0 Å². The standard InChI is InChI=1S/C22H17N3.C2H6/c1-16-5-2-6-17(11-16)20-12-21(18-7-3-9-23-14-18)25-22(13-20)19-8-4-10-24-15-19;1-2/h2-15H,1H3;1-2H3. The van der Waals surface area contributed by atoms with Crippen LogP contribution in [-0.4, -0.2) is 15.0 Å². The van der Waals surface area contributed by atoms with E-state index in [9.17, 15) is 0 Å². The van der Waals surface area contributed by atoms with Gasteiger partial charge in [0, 0.05) is 35.9 Å². The lowest BCUT2D eigenvalue weighted by atomic mass is 10.00. The molecule has 0 atom stereocenters. The van der Waals surface area contributed by atoms with Gasteiger partial charge in [-0.25, -0.2) is 4.98 Å². The second-order valence-corrected chi connectivity index (χ2v) is 5.98. The van der Waals surface area contributed by atoms with Crippen molar-refractivity contribution in [3.8, 4) is 33.6 Å². The molecule has 3 nitrogen and oxygen atoms in total. The number of aryl methyl sites for hydroxylation is 1. The van der Waals surface area contributed by atoms with Gasteiger partial charge in [-0.3, -0.25) is 9.97 Å². The van der Waals surface area contributed by atoms with Crippen molar-refractivity contribution in [2.24, 2.45) is 0 Å². The van der Waals surface area contributed by atoms with Crippen LogP contribution in [0.1, 0.15) is 19.4 Å². The molecule has 0 saturated carbocycles. The minimum atomic E-state index is 0.908. The van der Waals surface area contributed by atoms with Crippen molar-refractivity contribution in [2.75, 3.05) is 0 Å². The lowest BCUT2D eigenvalue weighted by molar-refractivity contribution is 1.26. The van der Waals surface area contributed by atoms with Gasteiger partial charge >= 0.3 is 0 Å². The molecule has 3 aromatic heterocycles. The van der Waals surface area contributed by atoms with Crippen molar-refractivity contribution in [1.82, 2.24) is 15.0 Å². The molecule has 3 heterocycles. The van der Waals surface area contributed by atoms with Gasteiger partial charge in [0.1, 0.15) is 0 Å². The lowest BCUT2D eigenvalue weighted by Crippen LogP contribution is -1.92. The molecular weight excluding hydrogens is 330 g/mol. The van der Waals surface area contributed by atoms with Crippen molar-refractivity contribution in [3.05, 3.63) is 91.0 Å². The van der Waals surface area contributed by atoms with Crippen LogP contribution in [0.5, 0.6) is 0 Å². The van der Waals surface area contributed by atoms with Gasteiger partial charge in [0.05, 0.1) is 11.4 Å². The minimum absolute atomic E-state index is 0.908. The normalized spacial score (nSPS) is 10.0. The highest BCUT2D eigenvalue weighted by molar-refractivity contribution is 5.76. The molecule has 0 radical (unpaired) electrons. The second-order valence-electron chi connectivity index (χ2n) is 5.98. The Morgan fingerprint density at radius 1 is 0.593 bits per heavy atom. The summed E-state index contributed by atoms with van der Waals surface area (Å²) in [5.74, 6) is 0. The molecule has 4 aromatic rings. The fourth-order valence-corrected chi connectivity index (χ4v) is 2.85. The van der Waals surface area contributed by atoms with Crippen LogP contribution in [0.15, 0.2) is 85.5 Å². The Morgan fingerprint density at radius 3 is 1.63 bits per heavy atom. The molecular formula is C24H23N3. The molecule has 0 aliphatic rings. The molecule has 0 aliphatic heterocycles. The van der Waals surface area contributed by atoms with Crippen molar-refractivity contribution in [3.63, 3.8) is 0 Å². The smallest absolute Gasteiger partial charge is 0.0731 e. The topological polar surface area (TPSA) is 38.7 Å². The molecule has 0 amide bonds. The number of rotatable bonds is 3. The van der Waals surface area contributed by atoms with Gasteiger partial charge in [-0.15, -0.1) is 0 Å². The monoisotopic (exact) mass is 353 g/mol. The van der Waals surface area contributed by atoms with Crippen LogP contribution in [0.2, 0.25) is 0 Å². The van der Waals surface area contributed by atoms with Gasteiger partial charge in [-0.2, -0.15) is 0 Å². The average molecular weight is 353 g/mol. The van der Waals surface area contributed by atoms with E-state index in [1.807, 2.05) is 50.5 Å². The summed E-state index contributed by atoms with van der Waals surface area (Å²) < 4.78 is 0. The van der Waals surface area contributed by atoms with Crippen molar-refractivity contribution in [2.45, 2.75) is 20.8 Å². The molecule has 0 spiro atoms. The highest BCUT2D eigenvalue weighted by Crippen LogP contribution is 2.29. The van der Waals surface area contributed by atoms with Gasteiger partial charge in [-0.1, -0.05) is 43.7 Å². The maximum Gasteiger partial charge on any atom is 0.0731 e. The molecule has 0 fully saturated rings. The minimum Gasteiger partial charge on any atom is -0.264 e. The summed E-state index contributed by atoms with van der Waals surface area (Å²) in [6.45, 7) is 6.11. The molecule has 27 heavy (non-hydrogen) atoms. The maximum atomic E-state index is 4.84. The molecule has 134 valence electrons. The first-order valence-corrected chi connectivity index (χ1v) is 9.19. The van der Waals surface area contributed by atoms with Crippen LogP contribution < -0.4 is 0 Å². The highest BCUT2D eigenvalue weighted by atomic mass is 14.7. The fraction of sp³-hybridized carbons (Fsp3) is 0.125. The zero-order chi connectivity index (χ0) is 19.1. The van der Waals surface area contributed by atoms with Gasteiger partial charge in [0.2, 0.25) is 0 Å². The van der Waals surface area contributed by atoms with Gasteiger partial charge in [-0.05, 0) is 54.4 Å². The summed E-state index contributed by atoms with van der Waals surface area (Å²) in [7, 11) is 0.